The fourth-order valence-corrected chi connectivity index (χ4v) is 2.52. The van der Waals surface area contributed by atoms with Gasteiger partial charge < -0.3 is 4.74 Å². The first-order chi connectivity index (χ1) is 8.50. The minimum absolute atomic E-state index is 0.363. The van der Waals surface area contributed by atoms with Gasteiger partial charge in [-0.1, -0.05) is 13.8 Å². The summed E-state index contributed by atoms with van der Waals surface area (Å²) in [4.78, 5) is 10.2. The minimum Gasteiger partial charge on any atom is -0.467 e. The summed E-state index contributed by atoms with van der Waals surface area (Å²) in [6.07, 6.45) is 2.30. The minimum atomic E-state index is -1.01. The van der Waals surface area contributed by atoms with Crippen molar-refractivity contribution in [2.45, 2.75) is 32.5 Å². The summed E-state index contributed by atoms with van der Waals surface area (Å²) in [7, 11) is 1.54. The van der Waals surface area contributed by atoms with Crippen LogP contribution in [0.4, 0.5) is 4.39 Å². The molecule has 5 heteroatoms. The standard InChI is InChI=1S/C13H20FN3O/c1-10(2)6-13(14)8-17(9-13)7-11-4-5-15-12(16-11)18-3/h4-5,10H,6-9H2,1-3H3. The smallest absolute Gasteiger partial charge is 0.316 e. The molecule has 1 aliphatic rings. The molecule has 1 fully saturated rings. The molecule has 18 heavy (non-hydrogen) atoms. The quantitative estimate of drug-likeness (QED) is 0.805. The lowest BCUT2D eigenvalue weighted by atomic mass is 9.87. The molecule has 0 aliphatic carbocycles. The molecule has 0 bridgehead atoms. The summed E-state index contributed by atoms with van der Waals surface area (Å²) in [5.41, 5.74) is -0.140. The van der Waals surface area contributed by atoms with Crippen molar-refractivity contribution >= 4 is 0 Å². The monoisotopic (exact) mass is 253 g/mol. The van der Waals surface area contributed by atoms with E-state index < -0.39 is 5.67 Å². The van der Waals surface area contributed by atoms with Gasteiger partial charge in [0.05, 0.1) is 12.8 Å². The third-order valence-corrected chi connectivity index (χ3v) is 3.05. The Kier molecular flexibility index (Phi) is 3.80. The second-order valence-electron chi connectivity index (χ2n) is 5.43. The van der Waals surface area contributed by atoms with Crippen molar-refractivity contribution in [3.05, 3.63) is 18.0 Å². The molecule has 1 aromatic heterocycles. The number of hydrogen-bond donors (Lipinski definition) is 0. The molecule has 0 unspecified atom stereocenters. The van der Waals surface area contributed by atoms with Gasteiger partial charge in [0.2, 0.25) is 0 Å². The van der Waals surface area contributed by atoms with Crippen LogP contribution in [0, 0.1) is 5.92 Å². The number of aromatic nitrogens is 2. The van der Waals surface area contributed by atoms with Crippen molar-refractivity contribution in [2.24, 2.45) is 5.92 Å². The highest BCUT2D eigenvalue weighted by Gasteiger charge is 2.43. The van der Waals surface area contributed by atoms with E-state index >= 15 is 0 Å². The zero-order valence-electron chi connectivity index (χ0n) is 11.2. The summed E-state index contributed by atoms with van der Waals surface area (Å²) in [5, 5.41) is 0. The van der Waals surface area contributed by atoms with Gasteiger partial charge in [-0.3, -0.25) is 4.90 Å². The normalized spacial score (nSPS) is 18.7. The number of ether oxygens (including phenoxy) is 1. The van der Waals surface area contributed by atoms with Crippen LogP contribution in [-0.4, -0.2) is 40.7 Å². The van der Waals surface area contributed by atoms with Crippen LogP contribution in [0.15, 0.2) is 12.3 Å². The highest BCUT2D eigenvalue weighted by atomic mass is 19.1. The Balaban J connectivity index is 1.86. The summed E-state index contributed by atoms with van der Waals surface area (Å²) < 4.78 is 19.1. The van der Waals surface area contributed by atoms with Gasteiger partial charge in [-0.2, -0.15) is 4.98 Å². The van der Waals surface area contributed by atoms with Crippen LogP contribution in [0.25, 0.3) is 0 Å². The van der Waals surface area contributed by atoms with E-state index in [-0.39, 0.29) is 0 Å². The van der Waals surface area contributed by atoms with Crippen molar-refractivity contribution in [3.8, 4) is 6.01 Å². The third kappa shape index (κ3) is 3.16. The molecule has 0 N–H and O–H groups in total. The molecule has 1 aromatic rings. The predicted molar refractivity (Wildman–Crippen MR) is 67.2 cm³/mol. The van der Waals surface area contributed by atoms with Crippen molar-refractivity contribution in [3.63, 3.8) is 0 Å². The second kappa shape index (κ2) is 5.18. The number of likely N-dealkylation sites (tertiary alicyclic amines) is 1. The van der Waals surface area contributed by atoms with Crippen molar-refractivity contribution in [1.82, 2.24) is 14.9 Å². The highest BCUT2D eigenvalue weighted by Crippen LogP contribution is 2.32. The van der Waals surface area contributed by atoms with Crippen LogP contribution in [0.1, 0.15) is 26.0 Å². The van der Waals surface area contributed by atoms with Crippen LogP contribution in [0.5, 0.6) is 6.01 Å². The third-order valence-electron chi connectivity index (χ3n) is 3.05. The largest absolute Gasteiger partial charge is 0.467 e. The summed E-state index contributed by atoms with van der Waals surface area (Å²) in [5.74, 6) is 0.399. The topological polar surface area (TPSA) is 38.2 Å². The van der Waals surface area contributed by atoms with Gasteiger partial charge in [0.15, 0.2) is 0 Å². The summed E-state index contributed by atoms with van der Waals surface area (Å²) in [6, 6.07) is 2.20. The van der Waals surface area contributed by atoms with E-state index in [9.17, 15) is 4.39 Å². The summed E-state index contributed by atoms with van der Waals surface area (Å²) >= 11 is 0. The van der Waals surface area contributed by atoms with Gasteiger partial charge in [0.1, 0.15) is 5.67 Å². The predicted octanol–water partition coefficient (Wildman–Crippen LogP) is 2.06. The maximum Gasteiger partial charge on any atom is 0.316 e. The molecule has 0 aromatic carbocycles. The Morgan fingerprint density at radius 2 is 2.22 bits per heavy atom. The first-order valence-electron chi connectivity index (χ1n) is 6.28. The SMILES string of the molecule is COc1nccc(CN2CC(F)(CC(C)C)C2)n1. The van der Waals surface area contributed by atoms with Crippen LogP contribution >= 0.6 is 0 Å². The van der Waals surface area contributed by atoms with Crippen LogP contribution in [-0.2, 0) is 6.54 Å². The average Bonchev–Trinajstić information content (AvgIpc) is 2.26. The van der Waals surface area contributed by atoms with E-state index in [4.69, 9.17) is 4.74 Å². The molecule has 0 atom stereocenters. The van der Waals surface area contributed by atoms with E-state index in [0.717, 1.165) is 5.69 Å². The molecule has 100 valence electrons. The zero-order chi connectivity index (χ0) is 13.2. The van der Waals surface area contributed by atoms with Gasteiger partial charge in [-0.25, -0.2) is 9.37 Å². The van der Waals surface area contributed by atoms with Gasteiger partial charge in [0, 0.05) is 25.8 Å². The zero-order valence-corrected chi connectivity index (χ0v) is 11.2. The van der Waals surface area contributed by atoms with Crippen LogP contribution < -0.4 is 4.74 Å². The number of halogens is 1. The lowest BCUT2D eigenvalue weighted by Crippen LogP contribution is -2.58. The average molecular weight is 253 g/mol. The van der Waals surface area contributed by atoms with Gasteiger partial charge in [-0.15, -0.1) is 0 Å². The Labute approximate surface area is 107 Å². The molecule has 0 amide bonds. The number of alkyl halides is 1. The number of rotatable bonds is 5. The van der Waals surface area contributed by atoms with Gasteiger partial charge >= 0.3 is 6.01 Å². The molecule has 1 aliphatic heterocycles. The summed E-state index contributed by atoms with van der Waals surface area (Å²) in [6.45, 7) is 5.76. The maximum absolute atomic E-state index is 14.2. The van der Waals surface area contributed by atoms with E-state index in [1.807, 2.05) is 6.07 Å². The molecule has 0 saturated carbocycles. The lowest BCUT2D eigenvalue weighted by molar-refractivity contribution is -0.0508. The second-order valence-corrected chi connectivity index (χ2v) is 5.43. The van der Waals surface area contributed by atoms with Crippen molar-refractivity contribution < 1.29 is 9.13 Å². The first kappa shape index (κ1) is 13.2. The molecular formula is C13H20FN3O. The van der Waals surface area contributed by atoms with E-state index in [1.54, 1.807) is 6.20 Å². The first-order valence-corrected chi connectivity index (χ1v) is 6.28. The van der Waals surface area contributed by atoms with Crippen molar-refractivity contribution in [2.75, 3.05) is 20.2 Å². The molecule has 0 spiro atoms. The van der Waals surface area contributed by atoms with Crippen LogP contribution in [0.2, 0.25) is 0 Å². The molecule has 4 nitrogen and oxygen atoms in total. The molecule has 2 heterocycles. The van der Waals surface area contributed by atoms with Crippen LogP contribution in [0.3, 0.4) is 0 Å². The maximum atomic E-state index is 14.2. The van der Waals surface area contributed by atoms with E-state index in [0.29, 0.717) is 38.0 Å². The number of hydrogen-bond acceptors (Lipinski definition) is 4. The fraction of sp³-hybridized carbons (Fsp3) is 0.692. The van der Waals surface area contributed by atoms with E-state index in [1.165, 1.54) is 7.11 Å². The number of methoxy groups -OCH3 is 1. The van der Waals surface area contributed by atoms with Gasteiger partial charge in [0.25, 0.3) is 0 Å². The Hall–Kier alpha value is -1.23. The Bertz CT molecular complexity index is 405. The molecule has 0 radical (unpaired) electrons. The highest BCUT2D eigenvalue weighted by molar-refractivity contribution is 5.07. The fourth-order valence-electron chi connectivity index (χ4n) is 2.52. The molecule has 2 rings (SSSR count). The Morgan fingerprint density at radius 3 is 2.83 bits per heavy atom. The molecular weight excluding hydrogens is 233 g/mol. The van der Waals surface area contributed by atoms with Crippen molar-refractivity contribution in [1.29, 1.82) is 0 Å². The van der Waals surface area contributed by atoms with E-state index in [2.05, 4.69) is 28.7 Å². The van der Waals surface area contributed by atoms with Gasteiger partial charge in [-0.05, 0) is 18.4 Å². The molecule has 1 saturated heterocycles. The number of nitrogens with zero attached hydrogens (tertiary/aromatic N) is 3. The Morgan fingerprint density at radius 1 is 1.50 bits per heavy atom. The lowest BCUT2D eigenvalue weighted by Gasteiger charge is -2.45.